The SMILES string of the molecule is CCCCNC(=O)CCc1ccc(S(=O)(=O)N2CCCCCC2)cc1. The second kappa shape index (κ2) is 9.92. The third-order valence-corrected chi connectivity index (χ3v) is 6.53. The van der Waals surface area contributed by atoms with Gasteiger partial charge >= 0.3 is 0 Å². The Balaban J connectivity index is 1.91. The van der Waals surface area contributed by atoms with Crippen LogP contribution < -0.4 is 5.32 Å². The summed E-state index contributed by atoms with van der Waals surface area (Å²) in [6.07, 6.45) is 7.19. The maximum absolute atomic E-state index is 12.7. The van der Waals surface area contributed by atoms with Crippen molar-refractivity contribution in [3.63, 3.8) is 0 Å². The highest BCUT2D eigenvalue weighted by Gasteiger charge is 2.24. The van der Waals surface area contributed by atoms with Gasteiger partial charge in [0.25, 0.3) is 0 Å². The van der Waals surface area contributed by atoms with Gasteiger partial charge in [-0.2, -0.15) is 4.31 Å². The van der Waals surface area contributed by atoms with Crippen LogP contribution >= 0.6 is 0 Å². The van der Waals surface area contributed by atoms with Gasteiger partial charge in [0, 0.05) is 26.1 Å². The highest BCUT2D eigenvalue weighted by molar-refractivity contribution is 7.89. The number of hydrogen-bond donors (Lipinski definition) is 1. The van der Waals surface area contributed by atoms with Crippen LogP contribution in [0.15, 0.2) is 29.2 Å². The summed E-state index contributed by atoms with van der Waals surface area (Å²) in [5.41, 5.74) is 0.987. The van der Waals surface area contributed by atoms with E-state index in [2.05, 4.69) is 12.2 Å². The summed E-state index contributed by atoms with van der Waals surface area (Å²) >= 11 is 0. The Kier molecular flexibility index (Phi) is 7.90. The van der Waals surface area contributed by atoms with Gasteiger partial charge in [-0.05, 0) is 43.4 Å². The molecule has 0 spiro atoms. The van der Waals surface area contributed by atoms with E-state index in [1.807, 2.05) is 12.1 Å². The number of nitrogens with zero attached hydrogens (tertiary/aromatic N) is 1. The van der Waals surface area contributed by atoms with E-state index < -0.39 is 10.0 Å². The number of rotatable bonds is 8. The number of aryl methyl sites for hydroxylation is 1. The highest BCUT2D eigenvalue weighted by atomic mass is 32.2. The average Bonchev–Trinajstić information content (AvgIpc) is 2.90. The molecule has 1 aliphatic heterocycles. The molecule has 1 aromatic rings. The molecule has 1 saturated heterocycles. The summed E-state index contributed by atoms with van der Waals surface area (Å²) in [4.78, 5) is 12.1. The molecule has 0 bridgehead atoms. The lowest BCUT2D eigenvalue weighted by molar-refractivity contribution is -0.121. The Morgan fingerprint density at radius 3 is 2.32 bits per heavy atom. The van der Waals surface area contributed by atoms with Crippen molar-refractivity contribution in [1.29, 1.82) is 0 Å². The van der Waals surface area contributed by atoms with Crippen molar-refractivity contribution < 1.29 is 13.2 Å². The van der Waals surface area contributed by atoms with Crippen molar-refractivity contribution in [2.24, 2.45) is 0 Å². The second-order valence-corrected chi connectivity index (χ2v) is 8.60. The van der Waals surface area contributed by atoms with E-state index in [1.54, 1.807) is 16.4 Å². The summed E-state index contributed by atoms with van der Waals surface area (Å²) < 4.78 is 27.1. The standard InChI is InChI=1S/C19H30N2O3S/c1-2-3-14-20-19(22)13-10-17-8-11-18(12-9-17)25(23,24)21-15-6-4-5-7-16-21/h8-9,11-12H,2-7,10,13-16H2,1H3,(H,20,22). The summed E-state index contributed by atoms with van der Waals surface area (Å²) in [5, 5.41) is 2.90. The minimum atomic E-state index is -3.39. The van der Waals surface area contributed by atoms with Gasteiger partial charge in [-0.1, -0.05) is 38.3 Å². The lowest BCUT2D eigenvalue weighted by Crippen LogP contribution is -2.31. The van der Waals surface area contributed by atoms with Crippen molar-refractivity contribution in [3.8, 4) is 0 Å². The molecule has 5 nitrogen and oxygen atoms in total. The molecule has 1 aromatic carbocycles. The Hall–Kier alpha value is -1.40. The molecule has 0 unspecified atom stereocenters. The molecule has 25 heavy (non-hydrogen) atoms. The number of nitrogens with one attached hydrogen (secondary N) is 1. The van der Waals surface area contributed by atoms with Gasteiger partial charge in [0.1, 0.15) is 0 Å². The number of carbonyl (C=O) groups is 1. The largest absolute Gasteiger partial charge is 0.356 e. The molecule has 6 heteroatoms. The summed E-state index contributed by atoms with van der Waals surface area (Å²) in [6.45, 7) is 4.04. The van der Waals surface area contributed by atoms with Crippen LogP contribution in [-0.2, 0) is 21.2 Å². The fourth-order valence-corrected chi connectivity index (χ4v) is 4.53. The van der Waals surface area contributed by atoms with Crippen molar-refractivity contribution in [3.05, 3.63) is 29.8 Å². The fourth-order valence-electron chi connectivity index (χ4n) is 3.01. The number of hydrogen-bond acceptors (Lipinski definition) is 3. The topological polar surface area (TPSA) is 66.5 Å². The number of amides is 1. The number of sulfonamides is 1. The summed E-state index contributed by atoms with van der Waals surface area (Å²) in [7, 11) is -3.39. The number of carbonyl (C=O) groups excluding carboxylic acids is 1. The molecule has 0 aromatic heterocycles. The van der Waals surface area contributed by atoms with E-state index in [0.717, 1.165) is 50.6 Å². The van der Waals surface area contributed by atoms with Gasteiger partial charge in [-0.25, -0.2) is 8.42 Å². The lowest BCUT2D eigenvalue weighted by atomic mass is 10.1. The molecule has 1 fully saturated rings. The van der Waals surface area contributed by atoms with Crippen LogP contribution in [0.1, 0.15) is 57.4 Å². The molecule has 0 radical (unpaired) electrons. The molecule has 0 atom stereocenters. The van der Waals surface area contributed by atoms with Crippen LogP contribution in [0.3, 0.4) is 0 Å². The first-order valence-corrected chi connectivity index (χ1v) is 10.8. The van der Waals surface area contributed by atoms with Gasteiger partial charge in [-0.15, -0.1) is 0 Å². The van der Waals surface area contributed by atoms with Gasteiger partial charge in [0.05, 0.1) is 4.90 Å². The van der Waals surface area contributed by atoms with Crippen LogP contribution in [0.2, 0.25) is 0 Å². The minimum Gasteiger partial charge on any atom is -0.356 e. The Labute approximate surface area is 151 Å². The summed E-state index contributed by atoms with van der Waals surface area (Å²) in [6, 6.07) is 6.99. The maximum atomic E-state index is 12.7. The molecular weight excluding hydrogens is 336 g/mol. The van der Waals surface area contributed by atoms with Crippen molar-refractivity contribution in [2.45, 2.75) is 63.2 Å². The van der Waals surface area contributed by atoms with Crippen LogP contribution in [0.5, 0.6) is 0 Å². The summed E-state index contributed by atoms with van der Waals surface area (Å²) in [5.74, 6) is 0.0507. The Morgan fingerprint density at radius 2 is 1.72 bits per heavy atom. The zero-order valence-electron chi connectivity index (χ0n) is 15.2. The maximum Gasteiger partial charge on any atom is 0.243 e. The molecule has 1 N–H and O–H groups in total. The molecule has 0 saturated carbocycles. The van der Waals surface area contributed by atoms with Crippen molar-refractivity contribution >= 4 is 15.9 Å². The fraction of sp³-hybridized carbons (Fsp3) is 0.632. The quantitative estimate of drug-likeness (QED) is 0.719. The van der Waals surface area contributed by atoms with E-state index >= 15 is 0 Å². The third kappa shape index (κ3) is 6.12. The second-order valence-electron chi connectivity index (χ2n) is 6.67. The Morgan fingerprint density at radius 1 is 1.08 bits per heavy atom. The Bertz CT molecular complexity index is 633. The van der Waals surface area contributed by atoms with Crippen LogP contribution in [0.25, 0.3) is 0 Å². The van der Waals surface area contributed by atoms with Crippen LogP contribution in [-0.4, -0.2) is 38.3 Å². The van der Waals surface area contributed by atoms with Crippen molar-refractivity contribution in [2.75, 3.05) is 19.6 Å². The first-order valence-electron chi connectivity index (χ1n) is 9.40. The monoisotopic (exact) mass is 366 g/mol. The van der Waals surface area contributed by atoms with E-state index in [0.29, 0.717) is 30.8 Å². The molecule has 1 amide bonds. The predicted molar refractivity (Wildman–Crippen MR) is 99.9 cm³/mol. The zero-order chi connectivity index (χ0) is 18.1. The van der Waals surface area contributed by atoms with Gasteiger partial charge in [0.2, 0.25) is 15.9 Å². The minimum absolute atomic E-state index is 0.0507. The highest BCUT2D eigenvalue weighted by Crippen LogP contribution is 2.21. The molecular formula is C19H30N2O3S. The zero-order valence-corrected chi connectivity index (χ0v) is 16.0. The van der Waals surface area contributed by atoms with Gasteiger partial charge in [0.15, 0.2) is 0 Å². The number of benzene rings is 1. The number of unbranched alkanes of at least 4 members (excludes halogenated alkanes) is 1. The van der Waals surface area contributed by atoms with Crippen LogP contribution in [0.4, 0.5) is 0 Å². The molecule has 2 rings (SSSR count). The van der Waals surface area contributed by atoms with Crippen LogP contribution in [0, 0.1) is 0 Å². The molecule has 140 valence electrons. The van der Waals surface area contributed by atoms with Gasteiger partial charge in [-0.3, -0.25) is 4.79 Å². The molecule has 1 aliphatic rings. The third-order valence-electron chi connectivity index (χ3n) is 4.62. The molecule has 0 aliphatic carbocycles. The van der Waals surface area contributed by atoms with Gasteiger partial charge < -0.3 is 5.32 Å². The normalized spacial score (nSPS) is 16.4. The molecule has 1 heterocycles. The lowest BCUT2D eigenvalue weighted by Gasteiger charge is -2.20. The van der Waals surface area contributed by atoms with E-state index in [4.69, 9.17) is 0 Å². The predicted octanol–water partition coefficient (Wildman–Crippen LogP) is 3.10. The van der Waals surface area contributed by atoms with Crippen molar-refractivity contribution in [1.82, 2.24) is 9.62 Å². The van der Waals surface area contributed by atoms with E-state index in [1.165, 1.54) is 0 Å². The smallest absolute Gasteiger partial charge is 0.243 e. The van der Waals surface area contributed by atoms with E-state index in [9.17, 15) is 13.2 Å². The first-order chi connectivity index (χ1) is 12.0. The van der Waals surface area contributed by atoms with E-state index in [-0.39, 0.29) is 5.91 Å². The first kappa shape index (κ1) is 19.9. The average molecular weight is 367 g/mol.